The fraction of sp³-hybridized carbons (Fsp3) is 0.316. The number of anilines is 1. The predicted molar refractivity (Wildman–Crippen MR) is 91.5 cm³/mol. The molecule has 1 amide bonds. The van der Waals surface area contributed by atoms with Gasteiger partial charge in [0.2, 0.25) is 0 Å². The highest BCUT2D eigenvalue weighted by molar-refractivity contribution is 6.00. The van der Waals surface area contributed by atoms with Gasteiger partial charge >= 0.3 is 0 Å². The van der Waals surface area contributed by atoms with E-state index >= 15 is 0 Å². The van der Waals surface area contributed by atoms with Crippen LogP contribution in [-0.4, -0.2) is 35.4 Å². The molecule has 126 valence electrons. The normalized spacial score (nSPS) is 16.7. The number of carbonyl (C=O) groups excluding carboxylic acids is 1. The smallest absolute Gasteiger partial charge is 0.268 e. The molecule has 1 atom stereocenters. The second-order valence-corrected chi connectivity index (χ2v) is 6.02. The van der Waals surface area contributed by atoms with E-state index < -0.39 is 6.10 Å². The molecule has 0 saturated heterocycles. The van der Waals surface area contributed by atoms with Crippen molar-refractivity contribution in [3.8, 4) is 11.5 Å². The Morgan fingerprint density at radius 1 is 1.21 bits per heavy atom. The quantitative estimate of drug-likeness (QED) is 0.885. The van der Waals surface area contributed by atoms with Crippen molar-refractivity contribution in [1.29, 1.82) is 0 Å². The topological polar surface area (TPSA) is 70.0 Å². The summed E-state index contributed by atoms with van der Waals surface area (Å²) in [6, 6.07) is 12.7. The largest absolute Gasteiger partial charge is 0.508 e. The lowest BCUT2D eigenvalue weighted by molar-refractivity contribution is -0.126. The lowest BCUT2D eigenvalue weighted by Gasteiger charge is -2.34. The summed E-state index contributed by atoms with van der Waals surface area (Å²) in [5.74, 6) is 0.502. The number of phenolic OH excluding ortho intramolecular Hbond substituents is 1. The molecular weight excluding hydrogens is 306 g/mol. The Hall–Kier alpha value is -2.53. The number of aryl methyl sites for hydroxylation is 1. The number of benzene rings is 2. The number of phenols is 1. The molecule has 1 heterocycles. The highest BCUT2D eigenvalue weighted by Gasteiger charge is 2.34. The van der Waals surface area contributed by atoms with Crippen LogP contribution in [0.25, 0.3) is 0 Å². The van der Waals surface area contributed by atoms with Crippen LogP contribution in [0.15, 0.2) is 42.5 Å². The molecule has 1 aliphatic rings. The van der Waals surface area contributed by atoms with Crippen LogP contribution in [0.5, 0.6) is 11.5 Å². The van der Waals surface area contributed by atoms with Gasteiger partial charge in [-0.2, -0.15) is 0 Å². The summed E-state index contributed by atoms with van der Waals surface area (Å²) in [6.07, 6.45) is 0.344. The molecule has 2 N–H and O–H groups in total. The number of ether oxygens (including phenoxy) is 1. The van der Waals surface area contributed by atoms with E-state index in [4.69, 9.17) is 9.84 Å². The van der Waals surface area contributed by atoms with E-state index in [0.29, 0.717) is 30.8 Å². The molecule has 0 aliphatic carbocycles. The van der Waals surface area contributed by atoms with Gasteiger partial charge in [0, 0.05) is 25.6 Å². The summed E-state index contributed by atoms with van der Waals surface area (Å²) in [7, 11) is 0. The first-order chi connectivity index (χ1) is 11.6. The molecule has 0 bridgehead atoms. The van der Waals surface area contributed by atoms with Crippen molar-refractivity contribution in [1.82, 2.24) is 0 Å². The summed E-state index contributed by atoms with van der Waals surface area (Å²) in [4.78, 5) is 14.4. The molecule has 2 aromatic carbocycles. The van der Waals surface area contributed by atoms with Crippen molar-refractivity contribution in [2.75, 3.05) is 18.1 Å². The minimum absolute atomic E-state index is 0.00132. The van der Waals surface area contributed by atoms with Crippen molar-refractivity contribution >= 4 is 11.6 Å². The van der Waals surface area contributed by atoms with Crippen molar-refractivity contribution in [2.24, 2.45) is 0 Å². The number of aliphatic hydroxyl groups excluding tert-OH is 1. The van der Waals surface area contributed by atoms with Gasteiger partial charge in [-0.3, -0.25) is 4.79 Å². The molecule has 2 aromatic rings. The minimum Gasteiger partial charge on any atom is -0.508 e. The van der Waals surface area contributed by atoms with Crippen LogP contribution >= 0.6 is 0 Å². The lowest BCUT2D eigenvalue weighted by atomic mass is 10.0. The maximum Gasteiger partial charge on any atom is 0.268 e. The SMILES string of the molecule is Cc1cccc(CC2Oc3ccc(O)cc3N(CCCO)C2=O)c1. The highest BCUT2D eigenvalue weighted by atomic mass is 16.5. The summed E-state index contributed by atoms with van der Waals surface area (Å²) < 4.78 is 5.89. The Morgan fingerprint density at radius 2 is 2.04 bits per heavy atom. The molecule has 0 radical (unpaired) electrons. The second kappa shape index (κ2) is 6.93. The first-order valence-corrected chi connectivity index (χ1v) is 8.06. The van der Waals surface area contributed by atoms with Gasteiger partial charge in [0.15, 0.2) is 6.10 Å². The van der Waals surface area contributed by atoms with Gasteiger partial charge in [0.05, 0.1) is 5.69 Å². The Bertz CT molecular complexity index is 744. The summed E-state index contributed by atoms with van der Waals surface area (Å²) in [5.41, 5.74) is 2.73. The number of hydrogen-bond acceptors (Lipinski definition) is 4. The summed E-state index contributed by atoms with van der Waals surface area (Å²) >= 11 is 0. The first kappa shape index (κ1) is 16.3. The van der Waals surface area contributed by atoms with Crippen molar-refractivity contribution < 1.29 is 19.7 Å². The average molecular weight is 327 g/mol. The molecule has 3 rings (SSSR count). The van der Waals surface area contributed by atoms with E-state index in [1.54, 1.807) is 17.0 Å². The van der Waals surface area contributed by atoms with Crippen LogP contribution in [0.2, 0.25) is 0 Å². The summed E-state index contributed by atoms with van der Waals surface area (Å²) in [5, 5.41) is 18.8. The molecule has 0 aromatic heterocycles. The van der Waals surface area contributed by atoms with E-state index in [0.717, 1.165) is 11.1 Å². The van der Waals surface area contributed by atoms with Crippen LogP contribution in [0.1, 0.15) is 17.5 Å². The lowest BCUT2D eigenvalue weighted by Crippen LogP contribution is -2.47. The van der Waals surface area contributed by atoms with Crippen LogP contribution in [-0.2, 0) is 11.2 Å². The second-order valence-electron chi connectivity index (χ2n) is 6.02. The van der Waals surface area contributed by atoms with E-state index in [1.807, 2.05) is 31.2 Å². The number of carbonyl (C=O) groups is 1. The van der Waals surface area contributed by atoms with E-state index in [-0.39, 0.29) is 18.3 Å². The molecule has 5 nitrogen and oxygen atoms in total. The third kappa shape index (κ3) is 3.36. The third-order valence-corrected chi connectivity index (χ3v) is 4.09. The molecule has 1 aliphatic heterocycles. The highest BCUT2D eigenvalue weighted by Crippen LogP contribution is 2.37. The zero-order valence-electron chi connectivity index (χ0n) is 13.6. The Balaban J connectivity index is 1.89. The number of aliphatic hydroxyl groups is 1. The van der Waals surface area contributed by atoms with Gasteiger partial charge in [-0.05, 0) is 31.0 Å². The van der Waals surface area contributed by atoms with Gasteiger partial charge < -0.3 is 19.8 Å². The standard InChI is InChI=1S/C19H21NO4/c1-13-4-2-5-14(10-13)11-18-19(23)20(8-3-9-21)16-12-15(22)6-7-17(16)24-18/h2,4-7,10,12,18,21-22H,3,8-9,11H2,1H3. The number of hydrogen-bond donors (Lipinski definition) is 2. The van der Waals surface area contributed by atoms with Crippen molar-refractivity contribution in [3.05, 3.63) is 53.6 Å². The number of fused-ring (bicyclic) bond motifs is 1. The van der Waals surface area contributed by atoms with Gasteiger partial charge in [-0.1, -0.05) is 29.8 Å². The Kier molecular flexibility index (Phi) is 4.71. The third-order valence-electron chi connectivity index (χ3n) is 4.09. The molecule has 0 saturated carbocycles. The van der Waals surface area contributed by atoms with Crippen LogP contribution < -0.4 is 9.64 Å². The van der Waals surface area contributed by atoms with Crippen molar-refractivity contribution in [2.45, 2.75) is 25.9 Å². The number of nitrogens with zero attached hydrogens (tertiary/aromatic N) is 1. The molecule has 0 spiro atoms. The van der Waals surface area contributed by atoms with E-state index in [9.17, 15) is 9.90 Å². The van der Waals surface area contributed by atoms with Crippen LogP contribution in [0.4, 0.5) is 5.69 Å². The zero-order chi connectivity index (χ0) is 17.1. The maximum atomic E-state index is 12.8. The van der Waals surface area contributed by atoms with Gasteiger partial charge in [0.1, 0.15) is 11.5 Å². The molecule has 5 heteroatoms. The number of amides is 1. The Morgan fingerprint density at radius 3 is 2.79 bits per heavy atom. The van der Waals surface area contributed by atoms with Gasteiger partial charge in [-0.15, -0.1) is 0 Å². The van der Waals surface area contributed by atoms with Crippen LogP contribution in [0, 0.1) is 6.92 Å². The van der Waals surface area contributed by atoms with E-state index in [1.165, 1.54) is 6.07 Å². The van der Waals surface area contributed by atoms with Gasteiger partial charge in [-0.25, -0.2) is 0 Å². The zero-order valence-corrected chi connectivity index (χ0v) is 13.6. The first-order valence-electron chi connectivity index (χ1n) is 8.06. The van der Waals surface area contributed by atoms with Crippen LogP contribution in [0.3, 0.4) is 0 Å². The van der Waals surface area contributed by atoms with Crippen molar-refractivity contribution in [3.63, 3.8) is 0 Å². The monoisotopic (exact) mass is 327 g/mol. The fourth-order valence-electron chi connectivity index (χ4n) is 2.95. The molecule has 1 unspecified atom stereocenters. The predicted octanol–water partition coefficient (Wildman–Crippen LogP) is 2.42. The van der Waals surface area contributed by atoms with Gasteiger partial charge in [0.25, 0.3) is 5.91 Å². The molecule has 24 heavy (non-hydrogen) atoms. The fourth-order valence-corrected chi connectivity index (χ4v) is 2.95. The molecular formula is C19H21NO4. The summed E-state index contributed by atoms with van der Waals surface area (Å²) in [6.45, 7) is 2.40. The Labute approximate surface area is 141 Å². The average Bonchev–Trinajstić information content (AvgIpc) is 2.55. The van der Waals surface area contributed by atoms with E-state index in [2.05, 4.69) is 0 Å². The number of rotatable bonds is 5. The number of aromatic hydroxyl groups is 1. The maximum absolute atomic E-state index is 12.8. The molecule has 0 fully saturated rings. The minimum atomic E-state index is -0.609.